The first-order valence-corrected chi connectivity index (χ1v) is 6.12. The van der Waals surface area contributed by atoms with E-state index >= 15 is 0 Å². The zero-order valence-electron chi connectivity index (χ0n) is 11.4. The second-order valence-corrected chi connectivity index (χ2v) is 4.12. The Morgan fingerprint density at radius 2 is 2.29 bits per heavy atom. The molecule has 0 aliphatic carbocycles. The largest absolute Gasteiger partial charge is 0.462 e. The number of rotatable bonds is 7. The minimum Gasteiger partial charge on any atom is -0.462 e. The summed E-state index contributed by atoms with van der Waals surface area (Å²) >= 11 is 0. The van der Waals surface area contributed by atoms with Gasteiger partial charge in [-0.1, -0.05) is 12.1 Å². The summed E-state index contributed by atoms with van der Waals surface area (Å²) in [7, 11) is 0. The molecule has 0 spiro atoms. The van der Waals surface area contributed by atoms with Gasteiger partial charge < -0.3 is 14.6 Å². The summed E-state index contributed by atoms with van der Waals surface area (Å²) in [5.74, 6) is -0.358. The highest BCUT2D eigenvalue weighted by Gasteiger charge is 2.20. The number of hydrogen-bond donors (Lipinski definition) is 1. The van der Waals surface area contributed by atoms with E-state index in [1.54, 1.807) is 31.4 Å². The molecule has 0 saturated heterocycles. The molecule has 110 valence electrons. The van der Waals surface area contributed by atoms with Gasteiger partial charge in [0.25, 0.3) is 6.26 Å². The van der Waals surface area contributed by atoms with Crippen molar-refractivity contribution in [2.24, 2.45) is 4.99 Å². The fourth-order valence-electron chi connectivity index (χ4n) is 1.64. The topological polar surface area (TPSA) is 109 Å². The molecule has 7 heteroatoms. The van der Waals surface area contributed by atoms with Crippen LogP contribution in [0.2, 0.25) is 0 Å². The number of aryl methyl sites for hydroxylation is 1. The normalized spacial score (nSPS) is 10.9. The van der Waals surface area contributed by atoms with Crippen LogP contribution in [0.25, 0.3) is 0 Å². The summed E-state index contributed by atoms with van der Waals surface area (Å²) in [6.45, 7) is 1.29. The maximum absolute atomic E-state index is 11.7. The predicted octanol–water partition coefficient (Wildman–Crippen LogP) is 0.637. The van der Waals surface area contributed by atoms with Gasteiger partial charge in [-0.3, -0.25) is 0 Å². The van der Waals surface area contributed by atoms with Crippen LogP contribution in [0.3, 0.4) is 0 Å². The second kappa shape index (κ2) is 8.48. The van der Waals surface area contributed by atoms with Gasteiger partial charge >= 0.3 is 5.97 Å². The van der Waals surface area contributed by atoms with Crippen LogP contribution in [0.1, 0.15) is 11.1 Å². The van der Waals surface area contributed by atoms with Crippen molar-refractivity contribution in [3.63, 3.8) is 0 Å². The van der Waals surface area contributed by atoms with Crippen LogP contribution >= 0.6 is 0 Å². The van der Waals surface area contributed by atoms with Crippen molar-refractivity contribution >= 4 is 12.0 Å². The van der Waals surface area contributed by atoms with Crippen LogP contribution in [0.4, 0.5) is 0 Å². The van der Waals surface area contributed by atoms with E-state index in [-0.39, 0.29) is 19.6 Å². The smallest absolute Gasteiger partial charge is 0.332 e. The van der Waals surface area contributed by atoms with Gasteiger partial charge in [-0.2, -0.15) is 4.99 Å². The molecule has 0 saturated carbocycles. The average Bonchev–Trinajstić information content (AvgIpc) is 2.48. The Morgan fingerprint density at radius 3 is 2.90 bits per heavy atom. The molecule has 21 heavy (non-hydrogen) atoms. The molecule has 0 amide bonds. The molecule has 0 radical (unpaired) electrons. The standard InChI is InChI=1S/C14H14N2O5/c1-10-2-3-11(7-13(10)21-8-15)6-12(16-9-18)14(19)20-5-4-17/h2-3,7,12,17H,4-6H2,1H3. The maximum atomic E-state index is 11.7. The number of carbonyl (C=O) groups excluding carboxylic acids is 2. The molecule has 0 aromatic heterocycles. The van der Waals surface area contributed by atoms with Crippen LogP contribution in [0, 0.1) is 18.4 Å². The molecule has 1 N–H and O–H groups in total. The number of aliphatic hydroxyl groups is 1. The van der Waals surface area contributed by atoms with Gasteiger partial charge in [0.2, 0.25) is 6.08 Å². The fourth-order valence-corrected chi connectivity index (χ4v) is 1.64. The number of ether oxygens (including phenoxy) is 2. The number of hydrogen-bond acceptors (Lipinski definition) is 7. The van der Waals surface area contributed by atoms with E-state index in [9.17, 15) is 9.59 Å². The molecular formula is C14H14N2O5. The Bertz CT molecular complexity index is 588. The number of nitriles is 1. The summed E-state index contributed by atoms with van der Waals surface area (Å²) in [5.41, 5.74) is 1.41. The van der Waals surface area contributed by atoms with Gasteiger partial charge in [0.15, 0.2) is 6.04 Å². The third-order valence-electron chi connectivity index (χ3n) is 2.65. The number of esters is 1. The second-order valence-electron chi connectivity index (χ2n) is 4.12. The van der Waals surface area contributed by atoms with E-state index in [1.165, 1.54) is 6.08 Å². The third kappa shape index (κ3) is 5.07. The molecule has 1 aromatic carbocycles. The van der Waals surface area contributed by atoms with Crippen molar-refractivity contribution < 1.29 is 24.2 Å². The molecule has 0 fully saturated rings. The third-order valence-corrected chi connectivity index (χ3v) is 2.65. The van der Waals surface area contributed by atoms with Gasteiger partial charge in [0.05, 0.1) is 6.61 Å². The number of isocyanates is 1. The predicted molar refractivity (Wildman–Crippen MR) is 71.1 cm³/mol. The first kappa shape index (κ1) is 16.4. The molecule has 1 rings (SSSR count). The molecule has 1 atom stereocenters. The summed E-state index contributed by atoms with van der Waals surface area (Å²) in [6, 6.07) is 3.99. The van der Waals surface area contributed by atoms with Crippen molar-refractivity contribution in [1.82, 2.24) is 0 Å². The molecule has 0 aliphatic rings. The Hall–Kier alpha value is -2.68. The first-order chi connectivity index (χ1) is 10.1. The summed E-state index contributed by atoms with van der Waals surface area (Å²) in [4.78, 5) is 25.5. The Kier molecular flexibility index (Phi) is 6.61. The minimum atomic E-state index is -1.05. The van der Waals surface area contributed by atoms with E-state index in [1.807, 2.05) is 0 Å². The van der Waals surface area contributed by atoms with Crippen LogP contribution in [-0.4, -0.2) is 36.4 Å². The molecular weight excluding hydrogens is 276 g/mol. The monoisotopic (exact) mass is 290 g/mol. The van der Waals surface area contributed by atoms with E-state index < -0.39 is 12.0 Å². The molecule has 1 aromatic rings. The summed E-state index contributed by atoms with van der Waals surface area (Å²) in [5, 5.41) is 17.2. The number of aliphatic hydroxyl groups excluding tert-OH is 1. The van der Waals surface area contributed by atoms with E-state index in [0.717, 1.165) is 5.56 Å². The van der Waals surface area contributed by atoms with Gasteiger partial charge in [-0.15, -0.1) is 5.26 Å². The molecule has 1 unspecified atom stereocenters. The summed E-state index contributed by atoms with van der Waals surface area (Å²) < 4.78 is 9.53. The Morgan fingerprint density at radius 1 is 1.52 bits per heavy atom. The Balaban J connectivity index is 2.89. The van der Waals surface area contributed by atoms with Gasteiger partial charge in [-0.05, 0) is 24.1 Å². The average molecular weight is 290 g/mol. The number of nitrogens with zero attached hydrogens (tertiary/aromatic N) is 2. The van der Waals surface area contributed by atoms with Gasteiger partial charge in [0.1, 0.15) is 12.4 Å². The van der Waals surface area contributed by atoms with Gasteiger partial charge in [0, 0.05) is 6.42 Å². The number of benzene rings is 1. The number of aliphatic imine (C=N–C) groups is 1. The van der Waals surface area contributed by atoms with Gasteiger partial charge in [-0.25, -0.2) is 9.59 Å². The zero-order valence-corrected chi connectivity index (χ0v) is 11.4. The highest BCUT2D eigenvalue weighted by atomic mass is 16.5. The van der Waals surface area contributed by atoms with Crippen molar-refractivity contribution in [2.45, 2.75) is 19.4 Å². The molecule has 0 bridgehead atoms. The molecule has 0 aliphatic heterocycles. The van der Waals surface area contributed by atoms with Crippen LogP contribution in [0.15, 0.2) is 23.2 Å². The van der Waals surface area contributed by atoms with E-state index in [0.29, 0.717) is 11.3 Å². The lowest BCUT2D eigenvalue weighted by Crippen LogP contribution is -2.25. The fraction of sp³-hybridized carbons (Fsp3) is 0.357. The van der Waals surface area contributed by atoms with Crippen molar-refractivity contribution in [2.75, 3.05) is 13.2 Å². The number of carbonyl (C=O) groups is 1. The quantitative estimate of drug-likeness (QED) is 0.341. The van der Waals surface area contributed by atoms with Crippen molar-refractivity contribution in [3.05, 3.63) is 29.3 Å². The molecule has 0 heterocycles. The SMILES string of the molecule is Cc1ccc(CC(N=C=O)C(=O)OCCO)cc1OC#N. The highest BCUT2D eigenvalue weighted by molar-refractivity contribution is 5.77. The van der Waals surface area contributed by atoms with Crippen molar-refractivity contribution in [1.29, 1.82) is 5.26 Å². The Labute approximate surface area is 121 Å². The maximum Gasteiger partial charge on any atom is 0.332 e. The summed E-state index contributed by atoms with van der Waals surface area (Å²) in [6.07, 6.45) is 3.00. The van der Waals surface area contributed by atoms with E-state index in [4.69, 9.17) is 19.8 Å². The first-order valence-electron chi connectivity index (χ1n) is 6.12. The lowest BCUT2D eigenvalue weighted by molar-refractivity contribution is -0.146. The van der Waals surface area contributed by atoms with E-state index in [2.05, 4.69) is 4.99 Å². The van der Waals surface area contributed by atoms with Crippen LogP contribution < -0.4 is 4.74 Å². The highest BCUT2D eigenvalue weighted by Crippen LogP contribution is 2.21. The van der Waals surface area contributed by atoms with Crippen LogP contribution in [0.5, 0.6) is 5.75 Å². The lowest BCUT2D eigenvalue weighted by Gasteiger charge is -2.11. The minimum absolute atomic E-state index is 0.0988. The van der Waals surface area contributed by atoms with Crippen LogP contribution in [-0.2, 0) is 20.7 Å². The molecule has 7 nitrogen and oxygen atoms in total. The zero-order chi connectivity index (χ0) is 15.7. The van der Waals surface area contributed by atoms with Crippen molar-refractivity contribution in [3.8, 4) is 12.0 Å². The lowest BCUT2D eigenvalue weighted by atomic mass is 10.0.